The summed E-state index contributed by atoms with van der Waals surface area (Å²) in [5, 5.41) is 11.4. The molecule has 174 valence electrons. The molecule has 1 amide bonds. The van der Waals surface area contributed by atoms with Crippen molar-refractivity contribution in [2.45, 2.75) is 13.8 Å². The highest BCUT2D eigenvalue weighted by atomic mass is 35.5. The lowest BCUT2D eigenvalue weighted by molar-refractivity contribution is -0.307. The number of ether oxygens (including phenoxy) is 3. The molecule has 1 saturated heterocycles. The molecule has 0 N–H and O–H groups in total. The SMILES string of the molecule is CCOc1ccc(N=C2S/C(=C\c3cc(Cl)c(OCC(=O)[O-])c(OC)c3)C(=O)N2CC)cc1. The maximum atomic E-state index is 12.9. The third kappa shape index (κ3) is 6.00. The summed E-state index contributed by atoms with van der Waals surface area (Å²) in [5.41, 5.74) is 1.29. The number of amidine groups is 1. The number of thioether (sulfide) groups is 1. The molecule has 0 bridgehead atoms. The second-order valence-corrected chi connectivity index (χ2v) is 8.09. The van der Waals surface area contributed by atoms with Crippen LogP contribution in [0.2, 0.25) is 5.02 Å². The predicted octanol–water partition coefficient (Wildman–Crippen LogP) is 3.50. The van der Waals surface area contributed by atoms with Crippen LogP contribution < -0.4 is 19.3 Å². The van der Waals surface area contributed by atoms with Crippen molar-refractivity contribution in [3.8, 4) is 17.2 Å². The highest BCUT2D eigenvalue weighted by Crippen LogP contribution is 2.39. The van der Waals surface area contributed by atoms with Gasteiger partial charge in [0.25, 0.3) is 5.91 Å². The zero-order valence-corrected chi connectivity index (χ0v) is 19.9. The number of carbonyl (C=O) groups is 2. The first-order valence-corrected chi connectivity index (χ1v) is 11.3. The lowest BCUT2D eigenvalue weighted by atomic mass is 10.1. The van der Waals surface area contributed by atoms with E-state index in [1.807, 2.05) is 38.1 Å². The molecule has 1 aliphatic rings. The van der Waals surface area contributed by atoms with Crippen LogP contribution in [0.15, 0.2) is 46.3 Å². The van der Waals surface area contributed by atoms with Gasteiger partial charge in [-0.15, -0.1) is 0 Å². The summed E-state index contributed by atoms with van der Waals surface area (Å²) in [5.74, 6) is -0.487. The van der Waals surface area contributed by atoms with E-state index in [9.17, 15) is 14.7 Å². The summed E-state index contributed by atoms with van der Waals surface area (Å²) in [6, 6.07) is 10.5. The average Bonchev–Trinajstić information content (AvgIpc) is 3.07. The molecular weight excluding hydrogens is 468 g/mol. The number of rotatable bonds is 9. The summed E-state index contributed by atoms with van der Waals surface area (Å²) in [4.78, 5) is 30.3. The van der Waals surface area contributed by atoms with Gasteiger partial charge in [-0.05, 0) is 73.6 Å². The Morgan fingerprint density at radius 2 is 1.94 bits per heavy atom. The summed E-state index contributed by atoms with van der Waals surface area (Å²) in [6.45, 7) is 4.16. The topological polar surface area (TPSA) is 100 Å². The van der Waals surface area contributed by atoms with Crippen molar-refractivity contribution in [2.24, 2.45) is 4.99 Å². The number of carboxylic acids is 1. The lowest BCUT2D eigenvalue weighted by Gasteiger charge is -2.13. The maximum absolute atomic E-state index is 12.9. The molecule has 0 radical (unpaired) electrons. The molecule has 8 nitrogen and oxygen atoms in total. The van der Waals surface area contributed by atoms with Crippen molar-refractivity contribution in [2.75, 3.05) is 26.9 Å². The number of amides is 1. The van der Waals surface area contributed by atoms with Crippen molar-refractivity contribution in [3.63, 3.8) is 0 Å². The van der Waals surface area contributed by atoms with E-state index in [0.29, 0.717) is 34.5 Å². The highest BCUT2D eigenvalue weighted by Gasteiger charge is 2.32. The number of aliphatic imine (C=N–C) groups is 1. The van der Waals surface area contributed by atoms with Gasteiger partial charge >= 0.3 is 0 Å². The number of methoxy groups -OCH3 is 1. The van der Waals surface area contributed by atoms with Crippen LogP contribution in [0.3, 0.4) is 0 Å². The summed E-state index contributed by atoms with van der Waals surface area (Å²) < 4.78 is 15.9. The van der Waals surface area contributed by atoms with Gasteiger partial charge in [-0.1, -0.05) is 11.6 Å². The van der Waals surface area contributed by atoms with Gasteiger partial charge < -0.3 is 24.1 Å². The van der Waals surface area contributed by atoms with Crippen molar-refractivity contribution in [1.82, 2.24) is 4.90 Å². The van der Waals surface area contributed by atoms with Crippen LogP contribution in [0.4, 0.5) is 5.69 Å². The smallest absolute Gasteiger partial charge is 0.266 e. The first-order chi connectivity index (χ1) is 15.9. The van der Waals surface area contributed by atoms with Crippen LogP contribution in [0.1, 0.15) is 19.4 Å². The minimum absolute atomic E-state index is 0.0869. The van der Waals surface area contributed by atoms with Crippen LogP contribution in [-0.2, 0) is 9.59 Å². The normalized spacial score (nSPS) is 15.9. The van der Waals surface area contributed by atoms with Gasteiger partial charge in [0, 0.05) is 6.54 Å². The minimum Gasteiger partial charge on any atom is -0.546 e. The van der Waals surface area contributed by atoms with E-state index < -0.39 is 12.6 Å². The Labute approximate surface area is 200 Å². The first kappa shape index (κ1) is 24.5. The molecule has 2 aromatic rings. The Hall–Kier alpha value is -3.17. The fourth-order valence-electron chi connectivity index (χ4n) is 3.01. The Morgan fingerprint density at radius 1 is 1.21 bits per heavy atom. The minimum atomic E-state index is -1.38. The molecule has 1 aliphatic heterocycles. The quantitative estimate of drug-likeness (QED) is 0.497. The van der Waals surface area contributed by atoms with E-state index in [2.05, 4.69) is 4.99 Å². The molecule has 3 rings (SSSR count). The third-order valence-corrected chi connectivity index (χ3v) is 5.75. The van der Waals surface area contributed by atoms with Crippen LogP contribution in [-0.4, -0.2) is 48.8 Å². The van der Waals surface area contributed by atoms with E-state index in [4.69, 9.17) is 25.8 Å². The van der Waals surface area contributed by atoms with Crippen molar-refractivity contribution in [1.29, 1.82) is 0 Å². The van der Waals surface area contributed by atoms with Gasteiger partial charge in [-0.3, -0.25) is 9.69 Å². The number of carbonyl (C=O) groups excluding carboxylic acids is 2. The molecule has 0 unspecified atom stereocenters. The number of aliphatic carboxylic acids is 1. The number of hydrogen-bond donors (Lipinski definition) is 0. The van der Waals surface area contributed by atoms with Gasteiger partial charge in [0.1, 0.15) is 12.4 Å². The molecule has 10 heteroatoms. The first-order valence-electron chi connectivity index (χ1n) is 10.1. The highest BCUT2D eigenvalue weighted by molar-refractivity contribution is 8.18. The van der Waals surface area contributed by atoms with E-state index in [0.717, 1.165) is 5.75 Å². The molecule has 0 saturated carbocycles. The van der Waals surface area contributed by atoms with E-state index in [1.165, 1.54) is 18.9 Å². The number of benzene rings is 2. The van der Waals surface area contributed by atoms with E-state index in [1.54, 1.807) is 23.1 Å². The fourth-order valence-corrected chi connectivity index (χ4v) is 4.35. The monoisotopic (exact) mass is 489 g/mol. The molecule has 0 atom stereocenters. The Morgan fingerprint density at radius 3 is 2.55 bits per heavy atom. The standard InChI is InChI=1S/C23H23ClN2O6S/c1-4-26-22(29)19(33-23(26)25-15-6-8-16(9-7-15)31-5-2)12-14-10-17(24)21(18(11-14)30-3)32-13-20(27)28/h6-12H,4-5,13H2,1-3H3,(H,27,28)/p-1/b19-12-,25-23?. The average molecular weight is 490 g/mol. The van der Waals surface area contributed by atoms with Gasteiger partial charge in [-0.2, -0.15) is 0 Å². The van der Waals surface area contributed by atoms with Crippen molar-refractivity contribution >= 4 is 52.2 Å². The molecule has 1 fully saturated rings. The predicted molar refractivity (Wildman–Crippen MR) is 126 cm³/mol. The number of hydrogen-bond acceptors (Lipinski definition) is 8. The zero-order valence-electron chi connectivity index (χ0n) is 18.3. The molecule has 0 aromatic heterocycles. The molecule has 33 heavy (non-hydrogen) atoms. The second-order valence-electron chi connectivity index (χ2n) is 6.68. The van der Waals surface area contributed by atoms with Gasteiger partial charge in [-0.25, -0.2) is 4.99 Å². The lowest BCUT2D eigenvalue weighted by Crippen LogP contribution is -2.29. The zero-order chi connectivity index (χ0) is 24.0. The molecule has 2 aromatic carbocycles. The summed E-state index contributed by atoms with van der Waals surface area (Å²) >= 11 is 7.51. The van der Waals surface area contributed by atoms with E-state index >= 15 is 0 Å². The van der Waals surface area contributed by atoms with Crippen molar-refractivity contribution < 1.29 is 28.9 Å². The summed E-state index contributed by atoms with van der Waals surface area (Å²) in [6.07, 6.45) is 1.67. The molecule has 0 spiro atoms. The van der Waals surface area contributed by atoms with E-state index in [-0.39, 0.29) is 22.4 Å². The van der Waals surface area contributed by atoms with Crippen LogP contribution in [0, 0.1) is 0 Å². The van der Waals surface area contributed by atoms with Crippen molar-refractivity contribution in [3.05, 3.63) is 51.9 Å². The number of nitrogens with zero attached hydrogens (tertiary/aromatic N) is 2. The summed E-state index contributed by atoms with van der Waals surface area (Å²) in [7, 11) is 1.41. The van der Waals surface area contributed by atoms with Crippen LogP contribution >= 0.6 is 23.4 Å². The number of carboxylic acid groups (broad SMARTS) is 1. The number of halogens is 1. The fraction of sp³-hybridized carbons (Fsp3) is 0.261. The molecule has 1 heterocycles. The van der Waals surface area contributed by atoms with Gasteiger partial charge in [0.05, 0.1) is 35.3 Å². The van der Waals surface area contributed by atoms with Gasteiger partial charge in [0.2, 0.25) is 0 Å². The van der Waals surface area contributed by atoms with Crippen LogP contribution in [0.5, 0.6) is 17.2 Å². The maximum Gasteiger partial charge on any atom is 0.266 e. The number of likely N-dealkylation sites (N-methyl/N-ethyl adjacent to an activating group) is 1. The van der Waals surface area contributed by atoms with Gasteiger partial charge in [0.15, 0.2) is 16.7 Å². The third-order valence-electron chi connectivity index (χ3n) is 4.46. The Balaban J connectivity index is 1.88. The largest absolute Gasteiger partial charge is 0.546 e. The Bertz CT molecular complexity index is 1100. The van der Waals surface area contributed by atoms with Crippen LogP contribution in [0.25, 0.3) is 6.08 Å². The molecular formula is C23H22ClN2O6S-. The Kier molecular flexibility index (Phi) is 8.24. The second kappa shape index (κ2) is 11.1. The molecule has 0 aliphatic carbocycles.